The molecule has 0 bridgehead atoms. The number of aliphatic hydroxyl groups excluding tert-OH is 1. The maximum Gasteiger partial charge on any atom is 0.414 e. The van der Waals surface area contributed by atoms with Crippen molar-refractivity contribution in [2.24, 2.45) is 0 Å². The number of benzene rings is 2. The number of anilines is 1. The van der Waals surface area contributed by atoms with Gasteiger partial charge in [0.2, 0.25) is 0 Å². The molecule has 0 fully saturated rings. The van der Waals surface area contributed by atoms with E-state index in [0.717, 1.165) is 6.08 Å². The van der Waals surface area contributed by atoms with Gasteiger partial charge in [-0.3, -0.25) is 5.32 Å². The summed E-state index contributed by atoms with van der Waals surface area (Å²) in [6.07, 6.45) is -3.88. The van der Waals surface area contributed by atoms with Crippen LogP contribution in [-0.2, 0) is 5.54 Å². The topological polar surface area (TPSA) is 58.3 Å². The highest BCUT2D eigenvalue weighted by Gasteiger charge is 2.54. The number of rotatable bonds is 6. The third-order valence-electron chi connectivity index (χ3n) is 3.88. The van der Waals surface area contributed by atoms with Crippen LogP contribution in [-0.4, -0.2) is 17.9 Å². The van der Waals surface area contributed by atoms with Crippen molar-refractivity contribution in [3.8, 4) is 0 Å². The zero-order valence-corrected chi connectivity index (χ0v) is 12.9. The molecule has 0 aliphatic carbocycles. The van der Waals surface area contributed by atoms with Gasteiger partial charge in [-0.1, -0.05) is 48.5 Å². The number of hydrogen-bond acceptors (Lipinski definition) is 3. The Hall–Kier alpha value is -2.31. The van der Waals surface area contributed by atoms with E-state index in [1.807, 2.05) is 0 Å². The Morgan fingerprint density at radius 2 is 1.79 bits per heavy atom. The third kappa shape index (κ3) is 3.44. The van der Waals surface area contributed by atoms with Gasteiger partial charge in [-0.2, -0.15) is 13.2 Å². The number of hydrogen-bond donors (Lipinski definition) is 3. The summed E-state index contributed by atoms with van der Waals surface area (Å²) in [6, 6.07) is 13.1. The molecular weight excluding hydrogens is 317 g/mol. The number of aliphatic hydroxyl groups is 1. The first-order chi connectivity index (χ1) is 11.3. The van der Waals surface area contributed by atoms with Crippen LogP contribution >= 0.6 is 0 Å². The SMILES string of the molecule is C=CC(NC(CO)c1ccccc1)(c1cccc(N)c1)C(F)(F)F. The van der Waals surface area contributed by atoms with E-state index in [-0.39, 0.29) is 11.3 Å². The van der Waals surface area contributed by atoms with Gasteiger partial charge in [-0.15, -0.1) is 6.58 Å². The first-order valence-electron chi connectivity index (χ1n) is 7.34. The lowest BCUT2D eigenvalue weighted by molar-refractivity contribution is -0.188. The Morgan fingerprint density at radius 1 is 1.12 bits per heavy atom. The maximum atomic E-state index is 13.9. The summed E-state index contributed by atoms with van der Waals surface area (Å²) in [4.78, 5) is 0. The Labute approximate surface area is 138 Å². The minimum Gasteiger partial charge on any atom is -0.399 e. The highest BCUT2D eigenvalue weighted by Crippen LogP contribution is 2.42. The summed E-state index contributed by atoms with van der Waals surface area (Å²) >= 11 is 0. The second-order valence-corrected chi connectivity index (χ2v) is 5.43. The molecule has 0 aliphatic rings. The molecule has 0 saturated carbocycles. The predicted octanol–water partition coefficient (Wildman–Crippen LogP) is 3.54. The number of alkyl halides is 3. The van der Waals surface area contributed by atoms with Gasteiger partial charge < -0.3 is 10.8 Å². The van der Waals surface area contributed by atoms with E-state index in [4.69, 9.17) is 5.73 Å². The fraction of sp³-hybridized carbons (Fsp3) is 0.222. The average Bonchev–Trinajstić information content (AvgIpc) is 2.56. The molecule has 3 nitrogen and oxygen atoms in total. The summed E-state index contributed by atoms with van der Waals surface area (Å²) in [5, 5.41) is 12.1. The van der Waals surface area contributed by atoms with Crippen molar-refractivity contribution in [3.63, 3.8) is 0 Å². The molecule has 128 valence electrons. The molecule has 0 spiro atoms. The lowest BCUT2D eigenvalue weighted by Crippen LogP contribution is -2.54. The van der Waals surface area contributed by atoms with Crippen molar-refractivity contribution in [3.05, 3.63) is 78.4 Å². The van der Waals surface area contributed by atoms with E-state index >= 15 is 0 Å². The summed E-state index contributed by atoms with van der Waals surface area (Å²) < 4.78 is 41.8. The second kappa shape index (κ2) is 7.07. The summed E-state index contributed by atoms with van der Waals surface area (Å²) in [6.45, 7) is 2.88. The molecule has 0 aliphatic heterocycles. The van der Waals surface area contributed by atoms with Crippen LogP contribution in [0.15, 0.2) is 67.3 Å². The molecular formula is C18H19F3N2O. The average molecular weight is 336 g/mol. The Kier molecular flexibility index (Phi) is 5.31. The molecule has 0 amide bonds. The van der Waals surface area contributed by atoms with E-state index in [9.17, 15) is 18.3 Å². The van der Waals surface area contributed by atoms with Crippen LogP contribution in [0, 0.1) is 0 Å². The van der Waals surface area contributed by atoms with E-state index in [1.165, 1.54) is 24.3 Å². The first-order valence-corrected chi connectivity index (χ1v) is 7.34. The normalized spacial score (nSPS) is 15.5. The fourth-order valence-corrected chi connectivity index (χ4v) is 2.60. The Balaban J connectivity index is 2.53. The molecule has 0 heterocycles. The van der Waals surface area contributed by atoms with Gasteiger partial charge in [0.05, 0.1) is 12.6 Å². The van der Waals surface area contributed by atoms with Gasteiger partial charge in [-0.05, 0) is 23.3 Å². The number of nitrogens with one attached hydrogen (secondary N) is 1. The molecule has 0 radical (unpaired) electrons. The van der Waals surface area contributed by atoms with E-state index in [2.05, 4.69) is 11.9 Å². The molecule has 2 unspecified atom stereocenters. The second-order valence-electron chi connectivity index (χ2n) is 5.43. The molecule has 24 heavy (non-hydrogen) atoms. The quantitative estimate of drug-likeness (QED) is 0.559. The smallest absolute Gasteiger partial charge is 0.399 e. The van der Waals surface area contributed by atoms with Crippen LogP contribution in [0.3, 0.4) is 0 Å². The van der Waals surface area contributed by atoms with Gasteiger partial charge in [0.1, 0.15) is 0 Å². The van der Waals surface area contributed by atoms with Crippen LogP contribution < -0.4 is 11.1 Å². The highest BCUT2D eigenvalue weighted by atomic mass is 19.4. The van der Waals surface area contributed by atoms with Crippen LogP contribution in [0.25, 0.3) is 0 Å². The summed E-state index contributed by atoms with van der Waals surface area (Å²) in [5.74, 6) is 0. The van der Waals surface area contributed by atoms with Gasteiger partial charge in [0.15, 0.2) is 5.54 Å². The Morgan fingerprint density at radius 3 is 2.29 bits per heavy atom. The predicted molar refractivity (Wildman–Crippen MR) is 88.2 cm³/mol. The van der Waals surface area contributed by atoms with Gasteiger partial charge in [-0.25, -0.2) is 0 Å². The maximum absolute atomic E-state index is 13.9. The summed E-state index contributed by atoms with van der Waals surface area (Å²) in [5.41, 5.74) is 3.78. The minimum absolute atomic E-state index is 0.0839. The lowest BCUT2D eigenvalue weighted by Gasteiger charge is -2.37. The molecule has 6 heteroatoms. The van der Waals surface area contributed by atoms with Gasteiger partial charge in [0.25, 0.3) is 0 Å². The van der Waals surface area contributed by atoms with Crippen LogP contribution in [0.2, 0.25) is 0 Å². The molecule has 2 aromatic carbocycles. The highest BCUT2D eigenvalue weighted by molar-refractivity contribution is 5.45. The molecule has 0 saturated heterocycles. The van der Waals surface area contributed by atoms with Crippen LogP contribution in [0.5, 0.6) is 0 Å². The largest absolute Gasteiger partial charge is 0.414 e. The van der Waals surface area contributed by atoms with Crippen molar-refractivity contribution in [2.75, 3.05) is 12.3 Å². The van der Waals surface area contributed by atoms with Crippen molar-refractivity contribution >= 4 is 5.69 Å². The molecule has 2 aromatic rings. The zero-order valence-electron chi connectivity index (χ0n) is 12.9. The number of nitrogen functional groups attached to an aromatic ring is 1. The molecule has 0 aromatic heterocycles. The van der Waals surface area contributed by atoms with E-state index in [1.54, 1.807) is 30.3 Å². The van der Waals surface area contributed by atoms with Crippen molar-refractivity contribution in [1.29, 1.82) is 0 Å². The first kappa shape index (κ1) is 18.0. The number of halogens is 3. The zero-order chi connectivity index (χ0) is 17.8. The minimum atomic E-state index is -4.68. The molecule has 2 rings (SSSR count). The fourth-order valence-electron chi connectivity index (χ4n) is 2.60. The summed E-state index contributed by atoms with van der Waals surface area (Å²) in [7, 11) is 0. The van der Waals surface area contributed by atoms with E-state index in [0.29, 0.717) is 5.56 Å². The van der Waals surface area contributed by atoms with Crippen molar-refractivity contribution < 1.29 is 18.3 Å². The van der Waals surface area contributed by atoms with E-state index < -0.39 is 24.4 Å². The van der Waals surface area contributed by atoms with Crippen molar-refractivity contribution in [1.82, 2.24) is 5.32 Å². The standard InChI is InChI=1S/C18H19F3N2O/c1-2-17(18(19,20)21,14-9-6-10-15(22)11-14)23-16(12-24)13-7-4-3-5-8-13/h2-11,16,23-24H,1,12,22H2. The third-order valence-corrected chi connectivity index (χ3v) is 3.88. The van der Waals surface area contributed by atoms with Crippen molar-refractivity contribution in [2.45, 2.75) is 17.8 Å². The molecule has 2 atom stereocenters. The van der Waals surface area contributed by atoms with Crippen LogP contribution in [0.1, 0.15) is 17.2 Å². The monoisotopic (exact) mass is 336 g/mol. The van der Waals surface area contributed by atoms with Gasteiger partial charge in [0, 0.05) is 5.69 Å². The van der Waals surface area contributed by atoms with Gasteiger partial charge >= 0.3 is 6.18 Å². The lowest BCUT2D eigenvalue weighted by atomic mass is 9.87. The van der Waals surface area contributed by atoms with Crippen LogP contribution in [0.4, 0.5) is 18.9 Å². The molecule has 4 N–H and O–H groups in total. The Bertz CT molecular complexity index is 688. The number of nitrogens with two attached hydrogens (primary N) is 1.